The maximum Gasteiger partial charge on any atom is 0.148 e. The highest BCUT2D eigenvalue weighted by Crippen LogP contribution is 2.39. The number of hydrazine groups is 1. The number of hydrogen-bond acceptors (Lipinski definition) is 7. The summed E-state index contributed by atoms with van der Waals surface area (Å²) in [5.74, 6) is 8.50. The lowest BCUT2D eigenvalue weighted by Crippen LogP contribution is -2.15. The molecule has 0 spiro atoms. The van der Waals surface area contributed by atoms with Crippen LogP contribution >= 0.6 is 11.3 Å². The summed E-state index contributed by atoms with van der Waals surface area (Å²) >= 11 is 1.67. The van der Waals surface area contributed by atoms with Gasteiger partial charge < -0.3 is 10.7 Å². The first kappa shape index (κ1) is 13.3. The zero-order valence-electron chi connectivity index (χ0n) is 11.4. The number of aromatic nitrogens is 3. The zero-order chi connectivity index (χ0) is 13.9. The molecule has 1 aliphatic rings. The van der Waals surface area contributed by atoms with E-state index in [0.29, 0.717) is 11.7 Å². The van der Waals surface area contributed by atoms with Crippen molar-refractivity contribution in [2.45, 2.75) is 32.1 Å². The summed E-state index contributed by atoms with van der Waals surface area (Å²) in [6, 6.07) is 0. The van der Waals surface area contributed by atoms with E-state index in [2.05, 4.69) is 25.7 Å². The Kier molecular flexibility index (Phi) is 3.79. The van der Waals surface area contributed by atoms with Gasteiger partial charge in [-0.05, 0) is 19.8 Å². The lowest BCUT2D eigenvalue weighted by atomic mass is 10.2. The van der Waals surface area contributed by atoms with E-state index in [1.54, 1.807) is 11.3 Å². The summed E-state index contributed by atoms with van der Waals surface area (Å²) in [5.41, 5.74) is 3.62. The number of thiazole rings is 1. The van der Waals surface area contributed by atoms with Gasteiger partial charge in [0.25, 0.3) is 0 Å². The van der Waals surface area contributed by atoms with Gasteiger partial charge in [0.05, 0.1) is 5.01 Å². The molecule has 0 aromatic carbocycles. The summed E-state index contributed by atoms with van der Waals surface area (Å²) in [6.45, 7) is 2.77. The second kappa shape index (κ2) is 5.72. The highest BCUT2D eigenvalue weighted by molar-refractivity contribution is 7.09. The summed E-state index contributed by atoms with van der Waals surface area (Å²) in [7, 11) is 0. The van der Waals surface area contributed by atoms with Gasteiger partial charge in [0.15, 0.2) is 0 Å². The average molecular weight is 290 g/mol. The van der Waals surface area contributed by atoms with Gasteiger partial charge in [0.1, 0.15) is 17.5 Å². The molecular weight excluding hydrogens is 272 g/mol. The monoisotopic (exact) mass is 290 g/mol. The SMILES string of the molecule is Cc1c(NN)nc(C2CC2)nc1NCCc1nccs1. The lowest BCUT2D eigenvalue weighted by Gasteiger charge is -2.13. The van der Waals surface area contributed by atoms with Crippen LogP contribution in [0.25, 0.3) is 0 Å². The summed E-state index contributed by atoms with van der Waals surface area (Å²) in [5, 5.41) is 6.49. The van der Waals surface area contributed by atoms with E-state index in [-0.39, 0.29) is 0 Å². The van der Waals surface area contributed by atoms with Crippen molar-refractivity contribution in [1.29, 1.82) is 0 Å². The van der Waals surface area contributed by atoms with Crippen LogP contribution in [0.15, 0.2) is 11.6 Å². The molecule has 4 N–H and O–H groups in total. The number of nitrogen functional groups attached to an aromatic ring is 1. The second-order valence-corrected chi connectivity index (χ2v) is 5.90. The van der Waals surface area contributed by atoms with Gasteiger partial charge in [-0.15, -0.1) is 11.3 Å². The van der Waals surface area contributed by atoms with Gasteiger partial charge in [-0.25, -0.2) is 20.8 Å². The Hall–Kier alpha value is -1.73. The second-order valence-electron chi connectivity index (χ2n) is 4.93. The van der Waals surface area contributed by atoms with E-state index in [1.165, 1.54) is 12.8 Å². The molecule has 1 fully saturated rings. The Morgan fingerprint density at radius 2 is 2.15 bits per heavy atom. The molecule has 106 valence electrons. The normalized spacial score (nSPS) is 14.3. The van der Waals surface area contributed by atoms with Crippen LogP contribution < -0.4 is 16.6 Å². The summed E-state index contributed by atoms with van der Waals surface area (Å²) in [4.78, 5) is 13.4. The van der Waals surface area contributed by atoms with Crippen molar-refractivity contribution in [1.82, 2.24) is 15.0 Å². The number of rotatable bonds is 6. The number of hydrogen-bond donors (Lipinski definition) is 3. The van der Waals surface area contributed by atoms with Crippen molar-refractivity contribution in [3.8, 4) is 0 Å². The predicted octanol–water partition coefficient (Wildman–Crippen LogP) is 2.06. The Morgan fingerprint density at radius 1 is 1.35 bits per heavy atom. The molecule has 0 saturated heterocycles. The standard InChI is InChI=1S/C13H18N6S/c1-8-11(16-5-4-10-15-6-7-20-10)17-13(9-2-3-9)18-12(8)19-14/h6-7,9H,2-5,14H2,1H3,(H2,16,17,18,19). The third-order valence-electron chi connectivity index (χ3n) is 3.36. The maximum atomic E-state index is 5.54. The fourth-order valence-corrected chi connectivity index (χ4v) is 2.66. The molecule has 0 amide bonds. The average Bonchev–Trinajstić information content (AvgIpc) is 3.18. The minimum Gasteiger partial charge on any atom is -0.369 e. The first-order valence-corrected chi connectivity index (χ1v) is 7.63. The van der Waals surface area contributed by atoms with Crippen molar-refractivity contribution < 1.29 is 0 Å². The van der Waals surface area contributed by atoms with Crippen LogP contribution in [0.3, 0.4) is 0 Å². The fraction of sp³-hybridized carbons (Fsp3) is 0.462. The fourth-order valence-electron chi connectivity index (χ4n) is 2.03. The van der Waals surface area contributed by atoms with Gasteiger partial charge >= 0.3 is 0 Å². The van der Waals surface area contributed by atoms with Gasteiger partial charge in [0.2, 0.25) is 0 Å². The van der Waals surface area contributed by atoms with E-state index in [4.69, 9.17) is 5.84 Å². The Labute approximate surface area is 121 Å². The minimum atomic E-state index is 0.502. The van der Waals surface area contributed by atoms with Gasteiger partial charge in [-0.3, -0.25) is 0 Å². The summed E-state index contributed by atoms with van der Waals surface area (Å²) < 4.78 is 0. The number of nitrogens with one attached hydrogen (secondary N) is 2. The maximum absolute atomic E-state index is 5.54. The first-order chi connectivity index (χ1) is 9.78. The van der Waals surface area contributed by atoms with Crippen molar-refractivity contribution in [2.75, 3.05) is 17.3 Å². The van der Waals surface area contributed by atoms with E-state index in [9.17, 15) is 0 Å². The van der Waals surface area contributed by atoms with Crippen LogP contribution in [0, 0.1) is 6.92 Å². The Morgan fingerprint density at radius 3 is 2.80 bits per heavy atom. The molecule has 20 heavy (non-hydrogen) atoms. The molecule has 3 rings (SSSR count). The van der Waals surface area contributed by atoms with Gasteiger partial charge in [-0.1, -0.05) is 0 Å². The van der Waals surface area contributed by atoms with Gasteiger partial charge in [-0.2, -0.15) is 0 Å². The number of anilines is 2. The molecule has 2 aromatic heterocycles. The van der Waals surface area contributed by atoms with E-state index in [0.717, 1.165) is 35.2 Å². The Bertz CT molecular complexity index is 579. The third-order valence-corrected chi connectivity index (χ3v) is 4.20. The topological polar surface area (TPSA) is 88.8 Å². The van der Waals surface area contributed by atoms with E-state index in [1.807, 2.05) is 18.5 Å². The Balaban J connectivity index is 1.72. The minimum absolute atomic E-state index is 0.502. The first-order valence-electron chi connectivity index (χ1n) is 6.75. The van der Waals surface area contributed by atoms with Crippen molar-refractivity contribution in [3.63, 3.8) is 0 Å². The van der Waals surface area contributed by atoms with E-state index < -0.39 is 0 Å². The molecule has 1 aliphatic carbocycles. The molecule has 0 unspecified atom stereocenters. The summed E-state index contributed by atoms with van der Waals surface area (Å²) in [6.07, 6.45) is 5.07. The number of nitrogens with zero attached hydrogens (tertiary/aromatic N) is 3. The van der Waals surface area contributed by atoms with Crippen molar-refractivity contribution in [3.05, 3.63) is 28.0 Å². The van der Waals surface area contributed by atoms with Crippen LogP contribution in [0.4, 0.5) is 11.6 Å². The smallest absolute Gasteiger partial charge is 0.148 e. The van der Waals surface area contributed by atoms with Crippen LogP contribution in [0.1, 0.15) is 35.2 Å². The zero-order valence-corrected chi connectivity index (χ0v) is 12.2. The molecule has 0 bridgehead atoms. The molecule has 2 heterocycles. The quantitative estimate of drug-likeness (QED) is 0.557. The van der Waals surface area contributed by atoms with Gasteiger partial charge in [0, 0.05) is 36.0 Å². The predicted molar refractivity (Wildman–Crippen MR) is 80.9 cm³/mol. The molecule has 2 aromatic rings. The molecule has 0 radical (unpaired) electrons. The van der Waals surface area contributed by atoms with Crippen LogP contribution in [0.2, 0.25) is 0 Å². The van der Waals surface area contributed by atoms with E-state index >= 15 is 0 Å². The van der Waals surface area contributed by atoms with Crippen molar-refractivity contribution in [2.24, 2.45) is 5.84 Å². The molecular formula is C13H18N6S. The van der Waals surface area contributed by atoms with Crippen LogP contribution in [-0.2, 0) is 6.42 Å². The van der Waals surface area contributed by atoms with Crippen molar-refractivity contribution >= 4 is 23.0 Å². The molecule has 0 aliphatic heterocycles. The highest BCUT2D eigenvalue weighted by atomic mass is 32.1. The largest absolute Gasteiger partial charge is 0.369 e. The number of nitrogens with two attached hydrogens (primary N) is 1. The molecule has 6 nitrogen and oxygen atoms in total. The lowest BCUT2D eigenvalue weighted by molar-refractivity contribution is 0.903. The van der Waals surface area contributed by atoms with Crippen LogP contribution in [-0.4, -0.2) is 21.5 Å². The van der Waals surface area contributed by atoms with Crippen LogP contribution in [0.5, 0.6) is 0 Å². The molecule has 7 heteroatoms. The molecule has 1 saturated carbocycles. The molecule has 0 atom stereocenters. The third kappa shape index (κ3) is 2.88. The highest BCUT2D eigenvalue weighted by Gasteiger charge is 2.28.